The van der Waals surface area contributed by atoms with Gasteiger partial charge in [0.1, 0.15) is 17.1 Å². The van der Waals surface area contributed by atoms with E-state index in [-0.39, 0.29) is 23.7 Å². The van der Waals surface area contributed by atoms with Crippen molar-refractivity contribution in [1.82, 2.24) is 0 Å². The lowest BCUT2D eigenvalue weighted by Crippen LogP contribution is -2.23. The molecule has 1 aromatic rings. The van der Waals surface area contributed by atoms with E-state index in [1.807, 2.05) is 20.8 Å². The van der Waals surface area contributed by atoms with E-state index in [2.05, 4.69) is 0 Å². The van der Waals surface area contributed by atoms with Gasteiger partial charge < -0.3 is 15.6 Å². The molecular formula is C13H19ClF3NO2. The molecule has 0 saturated carbocycles. The molecule has 0 aromatic heterocycles. The van der Waals surface area contributed by atoms with Crippen LogP contribution in [-0.4, -0.2) is 16.9 Å². The van der Waals surface area contributed by atoms with E-state index in [0.717, 1.165) is 0 Å². The molecule has 0 aliphatic heterocycles. The molecule has 0 radical (unpaired) electrons. The van der Waals surface area contributed by atoms with Crippen LogP contribution < -0.4 is 10.5 Å². The Morgan fingerprint density at radius 1 is 1.25 bits per heavy atom. The van der Waals surface area contributed by atoms with Crippen LogP contribution in [0, 0.1) is 0 Å². The molecule has 116 valence electrons. The number of rotatable bonds is 3. The lowest BCUT2D eigenvalue weighted by Gasteiger charge is -2.23. The number of benzene rings is 1. The first kappa shape index (κ1) is 18.9. The maximum absolute atomic E-state index is 12.3. The molecule has 3 nitrogen and oxygen atoms in total. The molecule has 1 atom stereocenters. The lowest BCUT2D eigenvalue weighted by molar-refractivity contribution is -0.138. The summed E-state index contributed by atoms with van der Waals surface area (Å²) in [6.07, 6.45) is -5.58. The Hall–Kier alpha value is -1.14. The molecule has 0 aliphatic rings. The Morgan fingerprint density at radius 3 is 2.25 bits per heavy atom. The predicted molar refractivity (Wildman–Crippen MR) is 73.3 cm³/mol. The van der Waals surface area contributed by atoms with Gasteiger partial charge in [-0.3, -0.25) is 0 Å². The van der Waals surface area contributed by atoms with Crippen LogP contribution in [0.4, 0.5) is 13.2 Å². The maximum Gasteiger partial charge on any atom is 0.390 e. The number of nitrogens with two attached hydrogens (primary N) is 1. The van der Waals surface area contributed by atoms with Crippen LogP contribution in [0.15, 0.2) is 18.2 Å². The first-order valence-electron chi connectivity index (χ1n) is 5.82. The SMILES string of the molecule is CC(C)(C)Oc1ccc(O)c([C@@H](N)CC(F)(F)F)c1.Cl. The van der Waals surface area contributed by atoms with Crippen molar-refractivity contribution in [2.75, 3.05) is 0 Å². The second-order valence-corrected chi connectivity index (χ2v) is 5.36. The van der Waals surface area contributed by atoms with Gasteiger partial charge in [0, 0.05) is 11.6 Å². The van der Waals surface area contributed by atoms with Gasteiger partial charge in [-0.25, -0.2) is 0 Å². The molecule has 0 fully saturated rings. The highest BCUT2D eigenvalue weighted by atomic mass is 35.5. The molecule has 0 amide bonds. The highest BCUT2D eigenvalue weighted by Crippen LogP contribution is 2.34. The minimum atomic E-state index is -4.38. The Kier molecular flexibility index (Phi) is 6.17. The number of aromatic hydroxyl groups is 1. The number of phenolic OH excluding ortho intramolecular Hbond substituents is 1. The molecule has 0 heterocycles. The van der Waals surface area contributed by atoms with Gasteiger partial charge in [-0.2, -0.15) is 13.2 Å². The summed E-state index contributed by atoms with van der Waals surface area (Å²) in [4.78, 5) is 0. The van der Waals surface area contributed by atoms with Crippen LogP contribution in [0.2, 0.25) is 0 Å². The van der Waals surface area contributed by atoms with Crippen LogP contribution in [0.3, 0.4) is 0 Å². The monoisotopic (exact) mass is 313 g/mol. The number of phenols is 1. The minimum Gasteiger partial charge on any atom is -0.508 e. The topological polar surface area (TPSA) is 55.5 Å². The van der Waals surface area contributed by atoms with Crippen molar-refractivity contribution in [3.05, 3.63) is 23.8 Å². The third-order valence-electron chi connectivity index (χ3n) is 2.27. The van der Waals surface area contributed by atoms with E-state index in [1.54, 1.807) is 0 Å². The molecule has 0 saturated heterocycles. The van der Waals surface area contributed by atoms with Gasteiger partial charge in [-0.1, -0.05) is 0 Å². The molecule has 0 unspecified atom stereocenters. The van der Waals surface area contributed by atoms with E-state index in [1.165, 1.54) is 18.2 Å². The summed E-state index contributed by atoms with van der Waals surface area (Å²) in [7, 11) is 0. The normalized spacial score (nSPS) is 13.6. The molecule has 0 bridgehead atoms. The quantitative estimate of drug-likeness (QED) is 0.888. The van der Waals surface area contributed by atoms with Gasteiger partial charge in [0.05, 0.1) is 6.42 Å². The fraction of sp³-hybridized carbons (Fsp3) is 0.538. The Morgan fingerprint density at radius 2 is 1.80 bits per heavy atom. The number of halogens is 4. The van der Waals surface area contributed by atoms with Gasteiger partial charge in [0.15, 0.2) is 0 Å². The summed E-state index contributed by atoms with van der Waals surface area (Å²) in [6.45, 7) is 5.44. The third-order valence-corrected chi connectivity index (χ3v) is 2.27. The zero-order valence-corrected chi connectivity index (χ0v) is 12.3. The zero-order chi connectivity index (χ0) is 14.8. The van der Waals surface area contributed by atoms with E-state index < -0.39 is 24.2 Å². The van der Waals surface area contributed by atoms with E-state index >= 15 is 0 Å². The second kappa shape index (κ2) is 6.54. The Bertz CT molecular complexity index is 444. The standard InChI is InChI=1S/C13H18F3NO2.ClH/c1-12(2,3)19-8-4-5-11(18)9(6-8)10(17)7-13(14,15)16;/h4-6,10,18H,7,17H2,1-3H3;1H/t10-;/m0./s1. The van der Waals surface area contributed by atoms with E-state index in [9.17, 15) is 18.3 Å². The van der Waals surface area contributed by atoms with Gasteiger partial charge in [-0.15, -0.1) is 12.4 Å². The maximum atomic E-state index is 12.3. The minimum absolute atomic E-state index is 0. The van der Waals surface area contributed by atoms with Gasteiger partial charge in [0.25, 0.3) is 0 Å². The third kappa shape index (κ3) is 6.34. The first-order valence-corrected chi connectivity index (χ1v) is 5.82. The largest absolute Gasteiger partial charge is 0.508 e. The smallest absolute Gasteiger partial charge is 0.390 e. The Balaban J connectivity index is 0.00000361. The lowest BCUT2D eigenvalue weighted by atomic mass is 10.0. The molecule has 20 heavy (non-hydrogen) atoms. The zero-order valence-electron chi connectivity index (χ0n) is 11.5. The van der Waals surface area contributed by atoms with Crippen LogP contribution in [0.25, 0.3) is 0 Å². The summed E-state index contributed by atoms with van der Waals surface area (Å²) in [5, 5.41) is 9.60. The van der Waals surface area contributed by atoms with Crippen molar-refractivity contribution < 1.29 is 23.0 Å². The summed E-state index contributed by atoms with van der Waals surface area (Å²) in [6, 6.07) is 2.80. The van der Waals surface area contributed by atoms with Crippen molar-refractivity contribution >= 4 is 12.4 Å². The molecule has 7 heteroatoms. The molecule has 0 aliphatic carbocycles. The predicted octanol–water partition coefficient (Wildman–Crippen LogP) is 3.94. The van der Waals surface area contributed by atoms with E-state index in [0.29, 0.717) is 5.75 Å². The van der Waals surface area contributed by atoms with Crippen LogP contribution in [0.5, 0.6) is 11.5 Å². The summed E-state index contributed by atoms with van der Waals surface area (Å²) in [5.41, 5.74) is 5.02. The van der Waals surface area contributed by atoms with Gasteiger partial charge >= 0.3 is 6.18 Å². The second-order valence-electron chi connectivity index (χ2n) is 5.36. The van der Waals surface area contributed by atoms with Crippen molar-refractivity contribution in [3.63, 3.8) is 0 Å². The number of alkyl halides is 3. The average Bonchev–Trinajstić information content (AvgIpc) is 2.16. The number of ether oxygens (including phenoxy) is 1. The summed E-state index contributed by atoms with van der Waals surface area (Å²) >= 11 is 0. The average molecular weight is 314 g/mol. The van der Waals surface area contributed by atoms with Crippen molar-refractivity contribution in [2.45, 2.75) is 45.0 Å². The molecule has 3 N–H and O–H groups in total. The molecule has 0 spiro atoms. The fourth-order valence-electron chi connectivity index (χ4n) is 1.61. The van der Waals surface area contributed by atoms with E-state index in [4.69, 9.17) is 10.5 Å². The van der Waals surface area contributed by atoms with Crippen LogP contribution >= 0.6 is 12.4 Å². The Labute approximate surface area is 122 Å². The summed E-state index contributed by atoms with van der Waals surface area (Å²) < 4.78 is 42.4. The van der Waals surface area contributed by atoms with Crippen molar-refractivity contribution in [3.8, 4) is 11.5 Å². The number of hydrogen-bond donors (Lipinski definition) is 2. The summed E-state index contributed by atoms with van der Waals surface area (Å²) in [5.74, 6) is 0.107. The molecule has 1 aromatic carbocycles. The van der Waals surface area contributed by atoms with Crippen LogP contribution in [-0.2, 0) is 0 Å². The highest BCUT2D eigenvalue weighted by Gasteiger charge is 2.32. The van der Waals surface area contributed by atoms with Gasteiger partial charge in [0.2, 0.25) is 0 Å². The number of hydrogen-bond acceptors (Lipinski definition) is 3. The van der Waals surface area contributed by atoms with Crippen molar-refractivity contribution in [2.24, 2.45) is 5.73 Å². The first-order chi connectivity index (χ1) is 8.48. The van der Waals surface area contributed by atoms with Gasteiger partial charge in [-0.05, 0) is 39.0 Å². The molecule has 1 rings (SSSR count). The highest BCUT2D eigenvalue weighted by molar-refractivity contribution is 5.85. The fourth-order valence-corrected chi connectivity index (χ4v) is 1.61. The van der Waals surface area contributed by atoms with Crippen molar-refractivity contribution in [1.29, 1.82) is 0 Å². The van der Waals surface area contributed by atoms with Crippen LogP contribution in [0.1, 0.15) is 38.8 Å². The molecular weight excluding hydrogens is 295 g/mol.